The number of rotatable bonds is 5. The normalized spacial score (nSPS) is 15.6. The van der Waals surface area contributed by atoms with Crippen LogP contribution in [0.2, 0.25) is 5.02 Å². The molecule has 3 heterocycles. The van der Waals surface area contributed by atoms with Crippen LogP contribution in [0, 0.1) is 5.82 Å². The lowest BCUT2D eigenvalue weighted by Gasteiger charge is -2.31. The summed E-state index contributed by atoms with van der Waals surface area (Å²) >= 11 is 5.98. The fourth-order valence-corrected chi connectivity index (χ4v) is 5.12. The maximum Gasteiger partial charge on any atom is 0.326 e. The van der Waals surface area contributed by atoms with Gasteiger partial charge in [0, 0.05) is 36.9 Å². The highest BCUT2D eigenvalue weighted by Gasteiger charge is 2.17. The number of benzene rings is 3. The van der Waals surface area contributed by atoms with Gasteiger partial charge in [-0.05, 0) is 78.6 Å². The third-order valence-electron chi connectivity index (χ3n) is 7.06. The second-order valence-corrected chi connectivity index (χ2v) is 10.2. The fourth-order valence-electron chi connectivity index (χ4n) is 4.99. The van der Waals surface area contributed by atoms with E-state index in [9.17, 15) is 14.0 Å². The highest BCUT2D eigenvalue weighted by molar-refractivity contribution is 6.30. The number of halogens is 2. The Labute approximate surface area is 230 Å². The van der Waals surface area contributed by atoms with Crippen molar-refractivity contribution >= 4 is 33.8 Å². The number of nitrogens with one attached hydrogen (secondary N) is 3. The molecular formula is C30H31ClFN5O2. The van der Waals surface area contributed by atoms with E-state index >= 15 is 0 Å². The maximum atomic E-state index is 13.4. The number of aromatic nitrogens is 2. The Hall–Kier alpha value is -3.72. The first-order valence-electron chi connectivity index (χ1n) is 13.1. The van der Waals surface area contributed by atoms with Crippen molar-refractivity contribution in [3.63, 3.8) is 0 Å². The van der Waals surface area contributed by atoms with E-state index in [2.05, 4.69) is 43.3 Å². The van der Waals surface area contributed by atoms with Crippen molar-refractivity contribution < 1.29 is 4.39 Å². The van der Waals surface area contributed by atoms with Crippen molar-refractivity contribution in [1.29, 1.82) is 0 Å². The van der Waals surface area contributed by atoms with Crippen molar-refractivity contribution in [2.75, 3.05) is 38.2 Å². The van der Waals surface area contributed by atoms with Crippen molar-refractivity contribution in [1.82, 2.24) is 19.8 Å². The lowest BCUT2D eigenvalue weighted by Crippen LogP contribution is -2.36. The van der Waals surface area contributed by atoms with E-state index in [4.69, 9.17) is 11.6 Å². The molecule has 0 saturated heterocycles. The molecule has 0 radical (unpaired) electrons. The molecule has 6 rings (SSSR count). The number of para-hydroxylation sites is 1. The summed E-state index contributed by atoms with van der Waals surface area (Å²) in [5, 5.41) is 4.67. The van der Waals surface area contributed by atoms with Gasteiger partial charge in [0.15, 0.2) is 0 Å². The van der Waals surface area contributed by atoms with Crippen LogP contribution in [0.15, 0.2) is 82.4 Å². The quantitative estimate of drug-likeness (QED) is 0.325. The van der Waals surface area contributed by atoms with Crippen molar-refractivity contribution in [2.45, 2.75) is 19.4 Å². The van der Waals surface area contributed by atoms with E-state index in [0.717, 1.165) is 68.5 Å². The summed E-state index contributed by atoms with van der Waals surface area (Å²) in [6.45, 7) is 5.87. The highest BCUT2D eigenvalue weighted by Crippen LogP contribution is 2.25. The van der Waals surface area contributed by atoms with E-state index in [1.54, 1.807) is 30.3 Å². The van der Waals surface area contributed by atoms with Gasteiger partial charge in [0.25, 0.3) is 5.56 Å². The molecule has 0 bridgehead atoms. The first-order valence-corrected chi connectivity index (χ1v) is 13.5. The first-order chi connectivity index (χ1) is 18.9. The van der Waals surface area contributed by atoms with Crippen LogP contribution in [0.3, 0.4) is 0 Å². The largest absolute Gasteiger partial charge is 0.372 e. The molecule has 0 spiro atoms. The minimum atomic E-state index is -0.473. The Morgan fingerprint density at radius 1 is 0.923 bits per heavy atom. The lowest BCUT2D eigenvalue weighted by atomic mass is 9.99. The molecule has 0 unspecified atom stereocenters. The van der Waals surface area contributed by atoms with Gasteiger partial charge in [-0.3, -0.25) is 19.6 Å². The van der Waals surface area contributed by atoms with Crippen LogP contribution in [0.25, 0.3) is 16.5 Å². The van der Waals surface area contributed by atoms with Gasteiger partial charge >= 0.3 is 5.69 Å². The van der Waals surface area contributed by atoms with Gasteiger partial charge in [-0.2, -0.15) is 0 Å². The van der Waals surface area contributed by atoms with E-state index < -0.39 is 5.69 Å². The zero-order chi connectivity index (χ0) is 27.2. The number of H-pyrrole nitrogens is 2. The van der Waals surface area contributed by atoms with Crippen molar-refractivity contribution in [2.24, 2.45) is 0 Å². The minimum absolute atomic E-state index is 0.158. The molecule has 7 nitrogen and oxygen atoms in total. The Kier molecular flexibility index (Phi) is 8.56. The standard InChI is InChI=1S/C22H25ClFN3.C8H6N2O2/c23-20-4-2-17(3-5-20)18-8-12-26(13-9-18)10-1-11-27-15-19-14-21(24)6-7-22(19)25-16-27;11-7-5-3-1-2-4-6(5)9-8(12)10-7/h2-8,14,25H,1,9-13,15-16H2;1-4H,(H2,9,10,11,12). The molecule has 4 aromatic rings. The Morgan fingerprint density at radius 3 is 2.51 bits per heavy atom. The summed E-state index contributed by atoms with van der Waals surface area (Å²) in [7, 11) is 0. The predicted molar refractivity (Wildman–Crippen MR) is 156 cm³/mol. The molecule has 3 aromatic carbocycles. The molecule has 202 valence electrons. The number of fused-ring (bicyclic) bond motifs is 2. The average molecular weight is 548 g/mol. The molecular weight excluding hydrogens is 517 g/mol. The summed E-state index contributed by atoms with van der Waals surface area (Å²) in [4.78, 5) is 31.4. The minimum Gasteiger partial charge on any atom is -0.372 e. The summed E-state index contributed by atoms with van der Waals surface area (Å²) in [5.74, 6) is -0.158. The van der Waals surface area contributed by atoms with Crippen LogP contribution in [0.1, 0.15) is 24.0 Å². The highest BCUT2D eigenvalue weighted by atomic mass is 35.5. The third-order valence-corrected chi connectivity index (χ3v) is 7.31. The molecule has 0 aliphatic carbocycles. The topological polar surface area (TPSA) is 84.2 Å². The van der Waals surface area contributed by atoms with Crippen LogP contribution >= 0.6 is 11.6 Å². The monoisotopic (exact) mass is 547 g/mol. The zero-order valence-corrected chi connectivity index (χ0v) is 22.3. The average Bonchev–Trinajstić information content (AvgIpc) is 2.94. The smallest absolute Gasteiger partial charge is 0.326 e. The number of nitrogens with zero attached hydrogens (tertiary/aromatic N) is 2. The van der Waals surface area contributed by atoms with Gasteiger partial charge in [0.05, 0.1) is 17.6 Å². The molecule has 9 heteroatoms. The van der Waals surface area contributed by atoms with Crippen LogP contribution in [0.4, 0.5) is 10.1 Å². The second-order valence-electron chi connectivity index (χ2n) is 9.78. The summed E-state index contributed by atoms with van der Waals surface area (Å²) in [6, 6.07) is 20.0. The van der Waals surface area contributed by atoms with Crippen LogP contribution in [0.5, 0.6) is 0 Å². The van der Waals surface area contributed by atoms with Gasteiger partial charge in [0.2, 0.25) is 0 Å². The fraction of sp³-hybridized carbons (Fsp3) is 0.267. The van der Waals surface area contributed by atoms with E-state index in [1.807, 2.05) is 18.2 Å². The predicted octanol–water partition coefficient (Wildman–Crippen LogP) is 5.06. The van der Waals surface area contributed by atoms with Gasteiger partial charge in [-0.25, -0.2) is 9.18 Å². The van der Waals surface area contributed by atoms with Gasteiger partial charge < -0.3 is 10.3 Å². The van der Waals surface area contributed by atoms with Gasteiger partial charge in [-0.15, -0.1) is 0 Å². The van der Waals surface area contributed by atoms with Gasteiger partial charge in [-0.1, -0.05) is 41.9 Å². The summed E-state index contributed by atoms with van der Waals surface area (Å²) < 4.78 is 13.4. The second kappa shape index (κ2) is 12.4. The van der Waals surface area contributed by atoms with Crippen LogP contribution < -0.4 is 16.6 Å². The lowest BCUT2D eigenvalue weighted by molar-refractivity contribution is 0.236. The van der Waals surface area contributed by atoms with Crippen LogP contribution in [-0.2, 0) is 6.54 Å². The van der Waals surface area contributed by atoms with Crippen LogP contribution in [-0.4, -0.2) is 52.6 Å². The van der Waals surface area contributed by atoms with Crippen molar-refractivity contribution in [3.8, 4) is 0 Å². The van der Waals surface area contributed by atoms with E-state index in [-0.39, 0.29) is 11.4 Å². The molecule has 39 heavy (non-hydrogen) atoms. The SMILES string of the molecule is Fc1ccc2c(c1)CN(CCCN1CC=C(c3ccc(Cl)cc3)CC1)CN2.O=c1[nH]c(=O)c2ccccc2[nH]1. The summed E-state index contributed by atoms with van der Waals surface area (Å²) in [6.07, 6.45) is 4.55. The molecule has 0 fully saturated rings. The number of anilines is 1. The Bertz CT molecular complexity index is 1580. The third kappa shape index (κ3) is 7.03. The molecule has 2 aliphatic heterocycles. The Morgan fingerprint density at radius 2 is 1.72 bits per heavy atom. The maximum absolute atomic E-state index is 13.4. The molecule has 1 aromatic heterocycles. The zero-order valence-electron chi connectivity index (χ0n) is 21.6. The molecule has 0 saturated carbocycles. The molecule has 0 amide bonds. The van der Waals surface area contributed by atoms with E-state index in [0.29, 0.717) is 10.9 Å². The number of hydrogen-bond donors (Lipinski definition) is 3. The first kappa shape index (κ1) is 26.9. The molecule has 2 aliphatic rings. The van der Waals surface area contributed by atoms with E-state index in [1.165, 1.54) is 17.2 Å². The molecule has 0 atom stereocenters. The Balaban J connectivity index is 0.000000214. The number of hydrogen-bond acceptors (Lipinski definition) is 5. The van der Waals surface area contributed by atoms with Crippen molar-refractivity contribution in [3.05, 3.63) is 116 Å². The summed E-state index contributed by atoms with van der Waals surface area (Å²) in [5.41, 5.74) is 4.55. The number of aromatic amines is 2. The molecule has 3 N–H and O–H groups in total. The van der Waals surface area contributed by atoms with Gasteiger partial charge in [0.1, 0.15) is 5.82 Å².